The van der Waals surface area contributed by atoms with Gasteiger partial charge in [-0.15, -0.1) is 0 Å². The van der Waals surface area contributed by atoms with Crippen LogP contribution >= 0.6 is 0 Å². The van der Waals surface area contributed by atoms with Crippen LogP contribution in [0.15, 0.2) is 29.2 Å². The molecule has 0 saturated heterocycles. The van der Waals surface area contributed by atoms with E-state index in [2.05, 4.69) is 0 Å². The molecule has 1 aromatic carbocycles. The topological polar surface area (TPSA) is 43.4 Å². The van der Waals surface area contributed by atoms with Gasteiger partial charge in [-0.3, -0.25) is 4.18 Å². The average molecular weight is 266 g/mol. The minimum absolute atomic E-state index is 0.264. The molecule has 0 spiro atoms. The molecule has 3 aliphatic carbocycles. The van der Waals surface area contributed by atoms with E-state index in [0.717, 1.165) is 5.56 Å². The van der Waals surface area contributed by atoms with Gasteiger partial charge in [0.05, 0.1) is 11.5 Å². The van der Waals surface area contributed by atoms with E-state index in [-0.39, 0.29) is 4.90 Å². The molecule has 0 aromatic heterocycles. The van der Waals surface area contributed by atoms with Gasteiger partial charge in [-0.05, 0) is 56.1 Å². The van der Waals surface area contributed by atoms with E-state index in [1.165, 1.54) is 19.3 Å². The fourth-order valence-corrected chi connectivity index (χ4v) is 4.17. The zero-order valence-corrected chi connectivity index (χ0v) is 11.3. The fraction of sp³-hybridized carbons (Fsp3) is 0.571. The van der Waals surface area contributed by atoms with E-state index in [9.17, 15) is 8.42 Å². The monoisotopic (exact) mass is 266 g/mol. The molecule has 0 aliphatic heterocycles. The highest BCUT2D eigenvalue weighted by molar-refractivity contribution is 7.86. The molecule has 3 atom stereocenters. The number of rotatable bonds is 4. The van der Waals surface area contributed by atoms with Crippen LogP contribution in [0.25, 0.3) is 0 Å². The van der Waals surface area contributed by atoms with E-state index in [1.54, 1.807) is 24.3 Å². The molecular formula is C14H18O3S. The van der Waals surface area contributed by atoms with Crippen molar-refractivity contribution in [3.8, 4) is 0 Å². The Hall–Kier alpha value is -0.870. The lowest BCUT2D eigenvalue weighted by atomic mass is 9.73. The van der Waals surface area contributed by atoms with Gasteiger partial charge in [0, 0.05) is 0 Å². The third-order valence-electron chi connectivity index (χ3n) is 4.45. The number of aryl methyl sites for hydroxylation is 1. The summed E-state index contributed by atoms with van der Waals surface area (Å²) in [5.41, 5.74) is 1.05. The largest absolute Gasteiger partial charge is 0.296 e. The zero-order chi connectivity index (χ0) is 12.8. The predicted octanol–water partition coefficient (Wildman–Crippen LogP) is 2.75. The standard InChI is InChI=1S/C14H18O3S/c1-10-2-6-13(7-3-10)18(15,16)17-9-14-11-4-5-12(14)8-11/h2-3,6-7,11-12,14H,4-5,8-9H2,1H3/t11-,12+,14?. The Morgan fingerprint density at radius 1 is 1.17 bits per heavy atom. The number of benzene rings is 1. The molecule has 4 rings (SSSR count). The Labute approximate surface area is 108 Å². The summed E-state index contributed by atoms with van der Waals surface area (Å²) in [7, 11) is -3.57. The van der Waals surface area contributed by atoms with Crippen molar-refractivity contribution in [2.75, 3.05) is 6.61 Å². The zero-order valence-electron chi connectivity index (χ0n) is 10.5. The van der Waals surface area contributed by atoms with Gasteiger partial charge in [0.25, 0.3) is 10.1 Å². The predicted molar refractivity (Wildman–Crippen MR) is 68.6 cm³/mol. The van der Waals surface area contributed by atoms with E-state index in [1.807, 2.05) is 6.92 Å². The molecule has 4 heteroatoms. The molecule has 0 amide bonds. The number of hydrogen-bond acceptors (Lipinski definition) is 3. The van der Waals surface area contributed by atoms with Gasteiger partial charge >= 0.3 is 0 Å². The van der Waals surface area contributed by atoms with Crippen molar-refractivity contribution in [2.24, 2.45) is 17.8 Å². The maximum atomic E-state index is 12.0. The highest BCUT2D eigenvalue weighted by Crippen LogP contribution is 2.53. The molecule has 98 valence electrons. The molecule has 1 unspecified atom stereocenters. The summed E-state index contributed by atoms with van der Waals surface area (Å²) in [5.74, 6) is 1.90. The molecule has 3 saturated carbocycles. The molecule has 0 N–H and O–H groups in total. The first kappa shape index (κ1) is 12.2. The Morgan fingerprint density at radius 2 is 1.78 bits per heavy atom. The van der Waals surface area contributed by atoms with Crippen molar-refractivity contribution in [2.45, 2.75) is 31.1 Å². The second kappa shape index (κ2) is 4.35. The smallest absolute Gasteiger partial charge is 0.266 e. The van der Waals surface area contributed by atoms with Crippen molar-refractivity contribution < 1.29 is 12.6 Å². The maximum Gasteiger partial charge on any atom is 0.296 e. The number of fused-ring (bicyclic) bond motifs is 1. The normalized spacial score (nSPS) is 30.2. The van der Waals surface area contributed by atoms with Crippen LogP contribution in [0.3, 0.4) is 0 Å². The maximum absolute atomic E-state index is 12.0. The third-order valence-corrected chi connectivity index (χ3v) is 5.75. The highest BCUT2D eigenvalue weighted by atomic mass is 32.2. The van der Waals surface area contributed by atoms with Crippen LogP contribution in [-0.4, -0.2) is 15.0 Å². The summed E-state index contributed by atoms with van der Waals surface area (Å²) in [5, 5.41) is 0. The summed E-state index contributed by atoms with van der Waals surface area (Å²) in [6.07, 6.45) is 3.78. The lowest BCUT2D eigenvalue weighted by Gasteiger charge is -2.35. The summed E-state index contributed by atoms with van der Waals surface area (Å²) >= 11 is 0. The minimum Gasteiger partial charge on any atom is -0.266 e. The van der Waals surface area contributed by atoms with Crippen LogP contribution in [0, 0.1) is 24.7 Å². The van der Waals surface area contributed by atoms with Gasteiger partial charge in [-0.1, -0.05) is 17.7 Å². The van der Waals surface area contributed by atoms with Crippen LogP contribution in [0.4, 0.5) is 0 Å². The quantitative estimate of drug-likeness (QED) is 0.787. The molecular weight excluding hydrogens is 248 g/mol. The first-order chi connectivity index (χ1) is 8.56. The lowest BCUT2D eigenvalue weighted by Crippen LogP contribution is -2.32. The summed E-state index contributed by atoms with van der Waals surface area (Å²) < 4.78 is 29.2. The molecule has 3 fully saturated rings. The van der Waals surface area contributed by atoms with Gasteiger partial charge in [0.1, 0.15) is 0 Å². The molecule has 0 heterocycles. The Morgan fingerprint density at radius 3 is 2.33 bits per heavy atom. The van der Waals surface area contributed by atoms with Gasteiger partial charge in [-0.25, -0.2) is 0 Å². The first-order valence-electron chi connectivity index (χ1n) is 6.52. The molecule has 1 aromatic rings. The van der Waals surface area contributed by atoms with E-state index in [4.69, 9.17) is 4.18 Å². The Bertz CT molecular complexity index is 519. The van der Waals surface area contributed by atoms with Crippen LogP contribution in [0.1, 0.15) is 24.8 Å². The minimum atomic E-state index is -3.57. The second-order valence-electron chi connectivity index (χ2n) is 5.55. The van der Waals surface area contributed by atoms with Crippen molar-refractivity contribution >= 4 is 10.1 Å². The molecule has 18 heavy (non-hydrogen) atoms. The average Bonchev–Trinajstić information content (AvgIpc) is 2.92. The molecule has 2 bridgehead atoms. The van der Waals surface area contributed by atoms with Gasteiger partial charge < -0.3 is 0 Å². The molecule has 3 nitrogen and oxygen atoms in total. The van der Waals surface area contributed by atoms with Crippen molar-refractivity contribution in [1.82, 2.24) is 0 Å². The van der Waals surface area contributed by atoms with Gasteiger partial charge in [0.15, 0.2) is 0 Å². The van der Waals surface area contributed by atoms with E-state index in [0.29, 0.717) is 24.4 Å². The van der Waals surface area contributed by atoms with Crippen molar-refractivity contribution in [3.05, 3.63) is 29.8 Å². The fourth-order valence-electron chi connectivity index (χ4n) is 3.23. The van der Waals surface area contributed by atoms with Gasteiger partial charge in [-0.2, -0.15) is 8.42 Å². The Kier molecular flexibility index (Phi) is 2.94. The van der Waals surface area contributed by atoms with Crippen LogP contribution in [0.2, 0.25) is 0 Å². The summed E-state index contributed by atoms with van der Waals surface area (Å²) in [6, 6.07) is 6.81. The van der Waals surface area contributed by atoms with Crippen molar-refractivity contribution in [3.63, 3.8) is 0 Å². The first-order valence-corrected chi connectivity index (χ1v) is 7.93. The second-order valence-corrected chi connectivity index (χ2v) is 7.16. The molecule has 3 aliphatic rings. The summed E-state index contributed by atoms with van der Waals surface area (Å²) in [6.45, 7) is 2.30. The highest BCUT2D eigenvalue weighted by Gasteiger charge is 2.46. The molecule has 0 radical (unpaired) electrons. The van der Waals surface area contributed by atoms with E-state index < -0.39 is 10.1 Å². The van der Waals surface area contributed by atoms with Crippen LogP contribution < -0.4 is 0 Å². The SMILES string of the molecule is Cc1ccc(S(=O)(=O)OCC2[C@@H]3CC[C@H]2C3)cc1. The van der Waals surface area contributed by atoms with Gasteiger partial charge in [0.2, 0.25) is 0 Å². The third kappa shape index (κ3) is 2.08. The van der Waals surface area contributed by atoms with Crippen LogP contribution in [-0.2, 0) is 14.3 Å². The summed E-state index contributed by atoms with van der Waals surface area (Å²) in [4.78, 5) is 0.264. The Balaban J connectivity index is 1.66. The number of hydrogen-bond donors (Lipinski definition) is 0. The van der Waals surface area contributed by atoms with Crippen LogP contribution in [0.5, 0.6) is 0 Å². The lowest BCUT2D eigenvalue weighted by molar-refractivity contribution is 0.0922. The van der Waals surface area contributed by atoms with Crippen molar-refractivity contribution in [1.29, 1.82) is 0 Å². The van der Waals surface area contributed by atoms with E-state index >= 15 is 0 Å².